The molecule has 2 aliphatic rings. The molecular weight excluding hydrogens is 418 g/mol. The zero-order chi connectivity index (χ0) is 22.7. The largest absolute Gasteiger partial charge is 0.364 e. The maximum Gasteiger partial charge on any atom is 0.264 e. The molecular formula is C25H31N5OS. The van der Waals surface area contributed by atoms with Gasteiger partial charge in [-0.05, 0) is 61.6 Å². The average molecular weight is 450 g/mol. The van der Waals surface area contributed by atoms with Gasteiger partial charge in [-0.2, -0.15) is 0 Å². The lowest BCUT2D eigenvalue weighted by molar-refractivity contribution is 0.0712. The van der Waals surface area contributed by atoms with Gasteiger partial charge in [0.05, 0.1) is 22.5 Å². The summed E-state index contributed by atoms with van der Waals surface area (Å²) < 4.78 is 0. The van der Waals surface area contributed by atoms with Gasteiger partial charge in [0.15, 0.2) is 0 Å². The molecule has 7 heteroatoms. The highest BCUT2D eigenvalue weighted by atomic mass is 32.1. The van der Waals surface area contributed by atoms with Gasteiger partial charge in [-0.25, -0.2) is 9.97 Å². The lowest BCUT2D eigenvalue weighted by Gasteiger charge is -2.39. The van der Waals surface area contributed by atoms with Crippen LogP contribution < -0.4 is 5.32 Å². The van der Waals surface area contributed by atoms with E-state index in [1.807, 2.05) is 32.0 Å². The first-order valence-electron chi connectivity index (χ1n) is 11.4. The molecule has 5 rings (SSSR count). The van der Waals surface area contributed by atoms with Crippen molar-refractivity contribution in [3.8, 4) is 0 Å². The number of amides is 1. The first-order chi connectivity index (χ1) is 15.1. The van der Waals surface area contributed by atoms with Gasteiger partial charge in [-0.1, -0.05) is 26.8 Å². The fraction of sp³-hybridized carbons (Fsp3) is 0.520. The number of hydrogen-bond donors (Lipinski definition) is 1. The second-order valence-electron chi connectivity index (χ2n) is 10.7. The molecule has 2 bridgehead atoms. The predicted octanol–water partition coefficient (Wildman–Crippen LogP) is 5.36. The summed E-state index contributed by atoms with van der Waals surface area (Å²) in [6, 6.07) is 6.33. The third kappa shape index (κ3) is 3.76. The van der Waals surface area contributed by atoms with Gasteiger partial charge in [0.2, 0.25) is 0 Å². The maximum absolute atomic E-state index is 13.7. The van der Waals surface area contributed by atoms with E-state index in [4.69, 9.17) is 0 Å². The minimum absolute atomic E-state index is 0.156. The molecule has 1 amide bonds. The van der Waals surface area contributed by atoms with Crippen LogP contribution >= 0.6 is 11.3 Å². The molecule has 3 aromatic heterocycles. The minimum atomic E-state index is 0.156. The Hall–Kier alpha value is -2.54. The highest BCUT2D eigenvalue weighted by molar-refractivity contribution is 7.20. The van der Waals surface area contributed by atoms with E-state index < -0.39 is 0 Å². The molecule has 0 aromatic carbocycles. The molecule has 0 radical (unpaired) electrons. The smallest absolute Gasteiger partial charge is 0.264 e. The van der Waals surface area contributed by atoms with Crippen molar-refractivity contribution in [2.45, 2.75) is 66.5 Å². The second kappa shape index (κ2) is 7.51. The molecule has 4 heterocycles. The van der Waals surface area contributed by atoms with Crippen molar-refractivity contribution >= 4 is 33.3 Å². The molecule has 1 saturated carbocycles. The van der Waals surface area contributed by atoms with Crippen LogP contribution in [0.4, 0.5) is 5.82 Å². The Balaban J connectivity index is 1.44. The van der Waals surface area contributed by atoms with Gasteiger partial charge in [0.1, 0.15) is 17.0 Å². The summed E-state index contributed by atoms with van der Waals surface area (Å²) in [6.45, 7) is 12.5. The van der Waals surface area contributed by atoms with Crippen LogP contribution in [0.25, 0.3) is 10.2 Å². The van der Waals surface area contributed by atoms with E-state index in [-0.39, 0.29) is 16.7 Å². The number of carbonyl (C=O) groups is 1. The Morgan fingerprint density at radius 2 is 2.03 bits per heavy atom. The Labute approximate surface area is 193 Å². The number of rotatable bonds is 4. The highest BCUT2D eigenvalue weighted by Gasteiger charge is 2.51. The lowest BCUT2D eigenvalue weighted by Crippen LogP contribution is -2.37. The normalized spacial score (nSPS) is 24.2. The number of nitrogens with zero attached hydrogens (tertiary/aromatic N) is 4. The van der Waals surface area contributed by atoms with Crippen molar-refractivity contribution in [1.29, 1.82) is 0 Å². The molecule has 0 spiro atoms. The molecule has 2 atom stereocenters. The van der Waals surface area contributed by atoms with Gasteiger partial charge in [0, 0.05) is 18.3 Å². The van der Waals surface area contributed by atoms with Crippen molar-refractivity contribution < 1.29 is 4.79 Å². The molecule has 1 aliphatic heterocycles. The molecule has 1 aliphatic carbocycles. The van der Waals surface area contributed by atoms with Gasteiger partial charge >= 0.3 is 0 Å². The van der Waals surface area contributed by atoms with Crippen LogP contribution in [0.1, 0.15) is 66.7 Å². The highest BCUT2D eigenvalue weighted by Crippen LogP contribution is 2.53. The van der Waals surface area contributed by atoms with E-state index in [9.17, 15) is 4.79 Å². The van der Waals surface area contributed by atoms with Gasteiger partial charge < -0.3 is 10.2 Å². The van der Waals surface area contributed by atoms with E-state index in [0.717, 1.165) is 57.2 Å². The SMILES string of the molecule is Cc1cccc(CNc2ncnc3sc(C(=O)N4CC5(C)CC4CC(C)(C)C5)c(C)c23)n1. The van der Waals surface area contributed by atoms with Gasteiger partial charge in [-0.15, -0.1) is 11.3 Å². The number of anilines is 1. The zero-order valence-corrected chi connectivity index (χ0v) is 20.3. The van der Waals surface area contributed by atoms with Crippen molar-refractivity contribution in [2.24, 2.45) is 10.8 Å². The molecule has 2 unspecified atom stereocenters. The standard InChI is InChI=1S/C25H31N5OS/c1-15-7-6-8-17(29-15)11-26-21-19-16(2)20(32-22(19)28-14-27-21)23(31)30-13-25(5)10-18(30)9-24(3,4)12-25/h6-8,14,18H,9-13H2,1-5H3,(H,26,27,28). The van der Waals surface area contributed by atoms with Crippen molar-refractivity contribution in [3.05, 3.63) is 46.4 Å². The fourth-order valence-electron chi connectivity index (χ4n) is 6.11. The van der Waals surface area contributed by atoms with Crippen LogP contribution in [0, 0.1) is 24.7 Å². The van der Waals surface area contributed by atoms with Crippen LogP contribution in [0.3, 0.4) is 0 Å². The monoisotopic (exact) mass is 449 g/mol. The molecule has 2 fully saturated rings. The van der Waals surface area contributed by atoms with Gasteiger partial charge in [0.25, 0.3) is 5.91 Å². The van der Waals surface area contributed by atoms with Crippen molar-refractivity contribution in [1.82, 2.24) is 19.9 Å². The summed E-state index contributed by atoms with van der Waals surface area (Å²) in [5.74, 6) is 0.919. The summed E-state index contributed by atoms with van der Waals surface area (Å²) >= 11 is 1.49. The van der Waals surface area contributed by atoms with Crippen molar-refractivity contribution in [2.75, 3.05) is 11.9 Å². The molecule has 6 nitrogen and oxygen atoms in total. The van der Waals surface area contributed by atoms with E-state index in [2.05, 4.69) is 45.9 Å². The van der Waals surface area contributed by atoms with E-state index in [1.54, 1.807) is 6.33 Å². The average Bonchev–Trinajstić information content (AvgIpc) is 3.18. The molecule has 1 N–H and O–H groups in total. The summed E-state index contributed by atoms with van der Waals surface area (Å²) in [5.41, 5.74) is 3.43. The lowest BCUT2D eigenvalue weighted by atomic mass is 9.65. The van der Waals surface area contributed by atoms with Crippen LogP contribution in [-0.2, 0) is 6.54 Å². The third-order valence-corrected chi connectivity index (χ3v) is 8.17. The number of pyridine rings is 1. The fourth-order valence-corrected chi connectivity index (χ4v) is 7.21. The molecule has 32 heavy (non-hydrogen) atoms. The number of aromatic nitrogens is 3. The number of nitrogens with one attached hydrogen (secondary N) is 1. The van der Waals surface area contributed by atoms with Crippen LogP contribution in [0.5, 0.6) is 0 Å². The number of aryl methyl sites for hydroxylation is 2. The zero-order valence-electron chi connectivity index (χ0n) is 19.5. The Morgan fingerprint density at radius 1 is 1.22 bits per heavy atom. The number of carbonyl (C=O) groups excluding carboxylic acids is 1. The predicted molar refractivity (Wildman–Crippen MR) is 129 cm³/mol. The maximum atomic E-state index is 13.7. The summed E-state index contributed by atoms with van der Waals surface area (Å²) in [6.07, 6.45) is 4.94. The molecule has 168 valence electrons. The number of fused-ring (bicyclic) bond motifs is 3. The summed E-state index contributed by atoms with van der Waals surface area (Å²) in [4.78, 5) is 31.1. The Bertz CT molecular complexity index is 1200. The van der Waals surface area contributed by atoms with Crippen molar-refractivity contribution in [3.63, 3.8) is 0 Å². The topological polar surface area (TPSA) is 71.0 Å². The van der Waals surface area contributed by atoms with Crippen LogP contribution in [-0.4, -0.2) is 38.3 Å². The quantitative estimate of drug-likeness (QED) is 0.581. The summed E-state index contributed by atoms with van der Waals surface area (Å²) in [5, 5.41) is 4.36. The Kier molecular flexibility index (Phi) is 5.00. The number of thiophene rings is 1. The molecule has 1 saturated heterocycles. The number of likely N-dealkylation sites (tertiary alicyclic amines) is 1. The van der Waals surface area contributed by atoms with Gasteiger partial charge in [-0.3, -0.25) is 9.78 Å². The first kappa shape index (κ1) is 21.3. The number of hydrogen-bond acceptors (Lipinski definition) is 6. The minimum Gasteiger partial charge on any atom is -0.364 e. The van der Waals surface area contributed by atoms with Crippen LogP contribution in [0.15, 0.2) is 24.5 Å². The molecule has 3 aromatic rings. The van der Waals surface area contributed by atoms with E-state index in [1.165, 1.54) is 17.8 Å². The second-order valence-corrected chi connectivity index (χ2v) is 11.7. The third-order valence-electron chi connectivity index (χ3n) is 6.98. The summed E-state index contributed by atoms with van der Waals surface area (Å²) in [7, 11) is 0. The Morgan fingerprint density at radius 3 is 2.81 bits per heavy atom. The van der Waals surface area contributed by atoms with E-state index >= 15 is 0 Å². The van der Waals surface area contributed by atoms with Crippen LogP contribution in [0.2, 0.25) is 0 Å². The van der Waals surface area contributed by atoms with E-state index in [0.29, 0.717) is 12.6 Å². The first-order valence-corrected chi connectivity index (χ1v) is 12.2.